The minimum Gasteiger partial charge on any atom is -0.273 e. The Morgan fingerprint density at radius 3 is 1.85 bits per heavy atom. The summed E-state index contributed by atoms with van der Waals surface area (Å²) < 4.78 is 94.8. The topological polar surface area (TPSA) is 67.3 Å². The van der Waals surface area contributed by atoms with Crippen molar-refractivity contribution in [2.75, 3.05) is 0 Å². The summed E-state index contributed by atoms with van der Waals surface area (Å²) in [6, 6.07) is 6.49. The van der Waals surface area contributed by atoms with E-state index >= 15 is 0 Å². The van der Waals surface area contributed by atoms with Gasteiger partial charge in [-0.05, 0) is 44.2 Å². The van der Waals surface area contributed by atoms with E-state index in [-0.39, 0.29) is 34.0 Å². The lowest BCUT2D eigenvalue weighted by Gasteiger charge is -2.25. The molecule has 0 aromatic carbocycles. The highest BCUT2D eigenvalue weighted by Crippen LogP contribution is 2.34. The van der Waals surface area contributed by atoms with Gasteiger partial charge in [0.2, 0.25) is 11.9 Å². The van der Waals surface area contributed by atoms with Crippen LogP contribution in [0.5, 0.6) is 0 Å². The molecule has 0 aliphatic heterocycles. The molecule has 0 aliphatic carbocycles. The molecule has 0 spiro atoms. The summed E-state index contributed by atoms with van der Waals surface area (Å²) in [6.45, 7) is 3.05. The van der Waals surface area contributed by atoms with Crippen molar-refractivity contribution < 1.29 is 30.7 Å². The molecule has 4 heterocycles. The number of hydrogen-bond donors (Lipinski definition) is 1. The smallest absolute Gasteiger partial charge is 0.273 e. The van der Waals surface area contributed by atoms with Crippen molar-refractivity contribution in [3.05, 3.63) is 83.1 Å². The van der Waals surface area contributed by atoms with Gasteiger partial charge in [-0.2, -0.15) is 32.0 Å². The first-order chi connectivity index (χ1) is 15.8. The molecule has 0 fully saturated rings. The number of alkyl halides is 3. The summed E-state index contributed by atoms with van der Waals surface area (Å²) in [7, 11) is 0. The predicted molar refractivity (Wildman–Crippen MR) is 106 cm³/mol. The van der Waals surface area contributed by atoms with Crippen LogP contribution in [0.1, 0.15) is 30.9 Å². The first kappa shape index (κ1) is 23.3. The Balaban J connectivity index is 1.79. The number of pyridine rings is 3. The summed E-state index contributed by atoms with van der Waals surface area (Å²) in [6.07, 6.45) is -4.69. The highest BCUT2D eigenvalue weighted by atomic mass is 19.4. The van der Waals surface area contributed by atoms with Gasteiger partial charge in [0.05, 0.1) is 28.3 Å². The number of aromatic nitrogens is 5. The van der Waals surface area contributed by atoms with Gasteiger partial charge < -0.3 is 0 Å². The molecule has 1 N–H and O–H groups in total. The molecule has 0 amide bonds. The van der Waals surface area contributed by atoms with Crippen LogP contribution < -0.4 is 0 Å². The molecule has 0 saturated heterocycles. The molecule has 4 aromatic heterocycles. The highest BCUT2D eigenvalue weighted by molar-refractivity contribution is 5.60. The van der Waals surface area contributed by atoms with Gasteiger partial charge in [0.15, 0.2) is 0 Å². The van der Waals surface area contributed by atoms with Crippen molar-refractivity contribution in [2.24, 2.45) is 0 Å². The van der Waals surface area contributed by atoms with Gasteiger partial charge in [-0.25, -0.2) is 13.8 Å². The van der Waals surface area contributed by atoms with Gasteiger partial charge in [0, 0.05) is 17.5 Å². The number of rotatable bonds is 4. The first-order valence-electron chi connectivity index (χ1n) is 9.66. The van der Waals surface area contributed by atoms with E-state index in [9.17, 15) is 30.7 Å². The van der Waals surface area contributed by atoms with E-state index in [1.807, 2.05) is 5.10 Å². The van der Waals surface area contributed by atoms with Crippen LogP contribution in [0.4, 0.5) is 30.7 Å². The van der Waals surface area contributed by atoms with E-state index in [2.05, 4.69) is 20.1 Å². The Bertz CT molecular complexity index is 1380. The van der Waals surface area contributed by atoms with Crippen LogP contribution in [0.2, 0.25) is 0 Å². The van der Waals surface area contributed by atoms with Crippen molar-refractivity contribution in [3.8, 4) is 22.6 Å². The lowest BCUT2D eigenvalue weighted by Crippen LogP contribution is -2.23. The first-order valence-corrected chi connectivity index (χ1v) is 9.66. The normalized spacial score (nSPS) is 12.3. The Morgan fingerprint density at radius 2 is 1.29 bits per heavy atom. The maximum atomic E-state index is 14.4. The molecule has 5 nitrogen and oxygen atoms in total. The molecule has 0 aliphatic rings. The number of aromatic amines is 1. The van der Waals surface area contributed by atoms with E-state index in [1.165, 1.54) is 13.8 Å². The molecule has 0 atom stereocenters. The van der Waals surface area contributed by atoms with E-state index in [1.54, 1.807) is 0 Å². The minimum absolute atomic E-state index is 0.000752. The van der Waals surface area contributed by atoms with Gasteiger partial charge in [0.1, 0.15) is 23.0 Å². The average Bonchev–Trinajstić information content (AvgIpc) is 3.24. The Hall–Kier alpha value is -3.83. The molecule has 4 rings (SSSR count). The van der Waals surface area contributed by atoms with Crippen LogP contribution in [0.15, 0.2) is 42.5 Å². The van der Waals surface area contributed by atoms with Crippen molar-refractivity contribution in [1.29, 1.82) is 0 Å². The number of nitrogens with one attached hydrogen (secondary N) is 1. The third kappa shape index (κ3) is 4.47. The molecule has 4 aromatic rings. The maximum absolute atomic E-state index is 14.4. The number of H-pyrrole nitrogens is 1. The third-order valence-electron chi connectivity index (χ3n) is 5.10. The SMILES string of the molecule is CC(C)(c1cc(F)cc(-c2cc(C(F)(F)F)[nH]n2)n1)c1cc(F)cc(-c2ccc(F)nc2F)n1. The predicted octanol–water partition coefficient (Wildman–Crippen LogP) is 5.83. The Kier molecular flexibility index (Phi) is 5.62. The van der Waals surface area contributed by atoms with Crippen molar-refractivity contribution in [3.63, 3.8) is 0 Å². The fourth-order valence-corrected chi connectivity index (χ4v) is 3.24. The molecular formula is C22H14F7N5. The van der Waals surface area contributed by atoms with Gasteiger partial charge in [0.25, 0.3) is 0 Å². The van der Waals surface area contributed by atoms with E-state index in [0.29, 0.717) is 6.07 Å². The molecule has 0 bridgehead atoms. The second-order valence-electron chi connectivity index (χ2n) is 7.87. The molecule has 12 heteroatoms. The van der Waals surface area contributed by atoms with Crippen molar-refractivity contribution >= 4 is 0 Å². The Labute approximate surface area is 187 Å². The fraction of sp³-hybridized carbons (Fsp3) is 0.182. The summed E-state index contributed by atoms with van der Waals surface area (Å²) in [5, 5.41) is 5.37. The molecule has 0 saturated carbocycles. The number of nitrogens with zero attached hydrogens (tertiary/aromatic N) is 4. The van der Waals surface area contributed by atoms with Crippen LogP contribution in [0.3, 0.4) is 0 Å². The van der Waals surface area contributed by atoms with Gasteiger partial charge >= 0.3 is 6.18 Å². The van der Waals surface area contributed by atoms with Crippen LogP contribution in [-0.4, -0.2) is 25.1 Å². The zero-order chi connectivity index (χ0) is 24.8. The number of halogens is 7. The minimum atomic E-state index is -4.69. The second-order valence-corrected chi connectivity index (χ2v) is 7.87. The van der Waals surface area contributed by atoms with Crippen molar-refractivity contribution in [1.82, 2.24) is 25.1 Å². The lowest BCUT2D eigenvalue weighted by atomic mass is 9.84. The van der Waals surface area contributed by atoms with E-state index in [0.717, 1.165) is 36.4 Å². The van der Waals surface area contributed by atoms with Gasteiger partial charge in [-0.3, -0.25) is 10.1 Å². The van der Waals surface area contributed by atoms with Gasteiger partial charge in [-0.15, -0.1) is 0 Å². The van der Waals surface area contributed by atoms with Crippen LogP contribution in [0, 0.1) is 23.5 Å². The fourth-order valence-electron chi connectivity index (χ4n) is 3.24. The van der Waals surface area contributed by atoms with Crippen LogP contribution in [0.25, 0.3) is 22.6 Å². The standard InChI is InChI=1S/C22H14F7N5/c1-21(2,16-7-10(23)5-13(30-16)12-3-4-19(25)32-20(12)26)17-8-11(24)6-14(31-17)15-9-18(34-33-15)22(27,28)29/h3-9H,1-2H3,(H,33,34). The van der Waals surface area contributed by atoms with E-state index < -0.39 is 40.8 Å². The zero-order valence-corrected chi connectivity index (χ0v) is 17.5. The summed E-state index contributed by atoms with van der Waals surface area (Å²) >= 11 is 0. The summed E-state index contributed by atoms with van der Waals surface area (Å²) in [5.74, 6) is -3.90. The molecule has 0 unspecified atom stereocenters. The van der Waals surface area contributed by atoms with Crippen LogP contribution in [-0.2, 0) is 11.6 Å². The highest BCUT2D eigenvalue weighted by Gasteiger charge is 2.34. The largest absolute Gasteiger partial charge is 0.432 e. The van der Waals surface area contributed by atoms with Crippen LogP contribution >= 0.6 is 0 Å². The number of hydrogen-bond acceptors (Lipinski definition) is 4. The molecule has 0 radical (unpaired) electrons. The average molecular weight is 481 g/mol. The maximum Gasteiger partial charge on any atom is 0.432 e. The van der Waals surface area contributed by atoms with E-state index in [4.69, 9.17) is 0 Å². The summed E-state index contributed by atoms with van der Waals surface area (Å²) in [5.41, 5.74) is -3.32. The quantitative estimate of drug-likeness (QED) is 0.294. The van der Waals surface area contributed by atoms with Gasteiger partial charge in [-0.1, -0.05) is 0 Å². The second kappa shape index (κ2) is 8.19. The van der Waals surface area contributed by atoms with Crippen molar-refractivity contribution in [2.45, 2.75) is 25.4 Å². The molecule has 176 valence electrons. The molecular weight excluding hydrogens is 467 g/mol. The Morgan fingerprint density at radius 1 is 0.706 bits per heavy atom. The lowest BCUT2D eigenvalue weighted by molar-refractivity contribution is -0.141. The molecule has 34 heavy (non-hydrogen) atoms. The third-order valence-corrected chi connectivity index (χ3v) is 5.10. The summed E-state index contributed by atoms with van der Waals surface area (Å²) in [4.78, 5) is 11.5. The zero-order valence-electron chi connectivity index (χ0n) is 17.5. The monoisotopic (exact) mass is 481 g/mol.